The van der Waals surface area contributed by atoms with Crippen molar-refractivity contribution in [1.29, 1.82) is 0 Å². The molecular formula is C40H33N3. The van der Waals surface area contributed by atoms with Gasteiger partial charge in [0.1, 0.15) is 0 Å². The molecule has 3 heterocycles. The van der Waals surface area contributed by atoms with E-state index in [4.69, 9.17) is 0 Å². The average Bonchev–Trinajstić information content (AvgIpc) is 3.57. The molecule has 3 nitrogen and oxygen atoms in total. The Hall–Kier alpha value is -5.02. The first-order chi connectivity index (χ1) is 21.0. The van der Waals surface area contributed by atoms with Crippen LogP contribution in [0.3, 0.4) is 0 Å². The minimum atomic E-state index is -0.194. The van der Waals surface area contributed by atoms with E-state index < -0.39 is 0 Å². The summed E-state index contributed by atoms with van der Waals surface area (Å²) in [5.41, 5.74) is 11.2. The third-order valence-electron chi connectivity index (χ3n) is 9.93. The summed E-state index contributed by atoms with van der Waals surface area (Å²) in [6.45, 7) is 4.78. The lowest BCUT2D eigenvalue weighted by Gasteiger charge is -2.41. The fourth-order valence-electron chi connectivity index (χ4n) is 7.81. The number of hydrogen-bond acceptors (Lipinski definition) is 1. The zero-order chi connectivity index (χ0) is 28.9. The number of nitrogens with zero attached hydrogens (tertiary/aromatic N) is 3. The lowest BCUT2D eigenvalue weighted by Crippen LogP contribution is -2.32. The molecule has 0 spiro atoms. The molecule has 0 bridgehead atoms. The third-order valence-corrected chi connectivity index (χ3v) is 9.93. The first-order valence-corrected chi connectivity index (χ1v) is 15.3. The molecule has 0 radical (unpaired) electrons. The van der Waals surface area contributed by atoms with E-state index in [1.807, 2.05) is 0 Å². The summed E-state index contributed by atoms with van der Waals surface area (Å²) in [6.07, 6.45) is 7.02. The second-order valence-corrected chi connectivity index (χ2v) is 12.6. The van der Waals surface area contributed by atoms with Crippen LogP contribution < -0.4 is 15.5 Å². The Morgan fingerprint density at radius 3 is 1.63 bits per heavy atom. The number of rotatable bonds is 2. The molecule has 0 saturated carbocycles. The van der Waals surface area contributed by atoms with Crippen molar-refractivity contribution in [3.63, 3.8) is 0 Å². The van der Waals surface area contributed by atoms with Crippen LogP contribution >= 0.6 is 0 Å². The minimum absolute atomic E-state index is 0.194. The predicted molar refractivity (Wildman–Crippen MR) is 182 cm³/mol. The van der Waals surface area contributed by atoms with E-state index in [-0.39, 0.29) is 5.41 Å². The smallest absolute Gasteiger partial charge is 0.0541 e. The zero-order valence-electron chi connectivity index (χ0n) is 24.8. The predicted octanol–water partition coefficient (Wildman–Crippen LogP) is 8.49. The summed E-state index contributed by atoms with van der Waals surface area (Å²) in [4.78, 5) is 2.37. The van der Waals surface area contributed by atoms with Gasteiger partial charge in [0, 0.05) is 61.9 Å². The van der Waals surface area contributed by atoms with Crippen molar-refractivity contribution in [3.05, 3.63) is 131 Å². The Morgan fingerprint density at radius 1 is 0.535 bits per heavy atom. The van der Waals surface area contributed by atoms with E-state index in [9.17, 15) is 0 Å². The molecule has 208 valence electrons. The minimum Gasteiger partial charge on any atom is -0.344 e. The van der Waals surface area contributed by atoms with Crippen LogP contribution in [0.1, 0.15) is 37.8 Å². The zero-order valence-corrected chi connectivity index (χ0v) is 24.8. The number of para-hydroxylation sites is 3. The van der Waals surface area contributed by atoms with Crippen LogP contribution in [-0.4, -0.2) is 16.2 Å². The van der Waals surface area contributed by atoms with Crippen LogP contribution in [0.5, 0.6) is 0 Å². The number of benzene rings is 5. The van der Waals surface area contributed by atoms with Crippen LogP contribution in [0.25, 0.3) is 56.2 Å². The first-order valence-electron chi connectivity index (χ1n) is 15.3. The molecule has 0 amide bonds. The first kappa shape index (κ1) is 24.6. The molecule has 0 unspecified atom stereocenters. The normalized spacial score (nSPS) is 15.2. The summed E-state index contributed by atoms with van der Waals surface area (Å²) in [7, 11) is 2.21. The largest absolute Gasteiger partial charge is 0.344 e. The van der Waals surface area contributed by atoms with Crippen LogP contribution in [0, 0.1) is 0 Å². The molecule has 3 heteroatoms. The lowest BCUT2D eigenvalue weighted by atomic mass is 9.73. The van der Waals surface area contributed by atoms with Gasteiger partial charge in [-0.25, -0.2) is 0 Å². The molecule has 43 heavy (non-hydrogen) atoms. The van der Waals surface area contributed by atoms with Gasteiger partial charge >= 0.3 is 0 Å². The molecule has 7 aromatic rings. The summed E-state index contributed by atoms with van der Waals surface area (Å²) >= 11 is 0. The maximum Gasteiger partial charge on any atom is 0.0541 e. The van der Waals surface area contributed by atoms with E-state index >= 15 is 0 Å². The second kappa shape index (κ2) is 8.75. The Kier molecular flexibility index (Phi) is 5.00. The van der Waals surface area contributed by atoms with E-state index in [1.165, 1.54) is 77.2 Å². The molecule has 2 aromatic heterocycles. The van der Waals surface area contributed by atoms with Crippen molar-refractivity contribution in [2.75, 3.05) is 11.9 Å². The number of aromatic nitrogens is 2. The van der Waals surface area contributed by atoms with Gasteiger partial charge in [0.2, 0.25) is 0 Å². The van der Waals surface area contributed by atoms with Gasteiger partial charge in [-0.1, -0.05) is 80.6 Å². The molecule has 9 rings (SSSR count). The second-order valence-electron chi connectivity index (χ2n) is 12.6. The van der Waals surface area contributed by atoms with Gasteiger partial charge in [0.15, 0.2) is 0 Å². The van der Waals surface area contributed by atoms with Gasteiger partial charge in [0.05, 0.1) is 16.6 Å². The topological polar surface area (TPSA) is 13.1 Å². The fourth-order valence-corrected chi connectivity index (χ4v) is 7.81. The Bertz CT molecular complexity index is 2350. The Balaban J connectivity index is 1.26. The standard InChI is InChI=1S/C40H33N3/c1-40(2)32-24-26(42-34-16-8-4-12-28(34)29-13-5-9-17-35(29)42)20-22-38(32)41(3)39-23-21-27(25-33(39)40)43-36-18-10-6-14-30(36)31-15-7-11-19-37(31)43/h4-6,8-10,12-25H,7,11H2,1-3H3. The van der Waals surface area contributed by atoms with Gasteiger partial charge < -0.3 is 14.0 Å². The third kappa shape index (κ3) is 3.31. The molecule has 0 fully saturated rings. The summed E-state index contributed by atoms with van der Waals surface area (Å²) in [5.74, 6) is 0. The molecule has 0 atom stereocenters. The highest BCUT2D eigenvalue weighted by atomic mass is 15.1. The Morgan fingerprint density at radius 2 is 1.02 bits per heavy atom. The SMILES string of the molecule is CN1c2ccc(-n3c4c(c5ccccc53)=CCCC=4)cc2C(C)(C)c2cc(-n3c4ccccc4c4ccccc43)ccc21. The van der Waals surface area contributed by atoms with E-state index in [1.54, 1.807) is 0 Å². The quantitative estimate of drug-likeness (QED) is 0.208. The molecule has 2 aliphatic rings. The van der Waals surface area contributed by atoms with Crippen molar-refractivity contribution in [1.82, 2.24) is 9.13 Å². The highest BCUT2D eigenvalue weighted by molar-refractivity contribution is 6.09. The summed E-state index contributed by atoms with van der Waals surface area (Å²) in [6, 6.07) is 40.5. The van der Waals surface area contributed by atoms with Crippen LogP contribution in [0.15, 0.2) is 109 Å². The molecule has 5 aromatic carbocycles. The molecule has 0 saturated heterocycles. The van der Waals surface area contributed by atoms with Crippen molar-refractivity contribution >= 4 is 56.2 Å². The van der Waals surface area contributed by atoms with Crippen LogP contribution in [0.4, 0.5) is 11.4 Å². The molecular weight excluding hydrogens is 522 g/mol. The number of anilines is 2. The van der Waals surface area contributed by atoms with Crippen molar-refractivity contribution in [2.45, 2.75) is 32.1 Å². The average molecular weight is 556 g/mol. The van der Waals surface area contributed by atoms with Gasteiger partial charge in [-0.2, -0.15) is 0 Å². The summed E-state index contributed by atoms with van der Waals surface area (Å²) < 4.78 is 4.90. The molecule has 1 aliphatic carbocycles. The highest BCUT2D eigenvalue weighted by Gasteiger charge is 2.36. The molecule has 1 aliphatic heterocycles. The number of hydrogen-bond donors (Lipinski definition) is 0. The van der Waals surface area contributed by atoms with Crippen LogP contribution in [-0.2, 0) is 5.41 Å². The number of fused-ring (bicyclic) bond motifs is 8. The van der Waals surface area contributed by atoms with Crippen molar-refractivity contribution in [3.8, 4) is 11.4 Å². The van der Waals surface area contributed by atoms with Crippen LogP contribution in [0.2, 0.25) is 0 Å². The fraction of sp³-hybridized carbons (Fsp3) is 0.150. The van der Waals surface area contributed by atoms with Gasteiger partial charge in [-0.15, -0.1) is 0 Å². The van der Waals surface area contributed by atoms with E-state index in [0.29, 0.717) is 0 Å². The van der Waals surface area contributed by atoms with E-state index in [2.05, 4.69) is 156 Å². The molecule has 0 N–H and O–H groups in total. The van der Waals surface area contributed by atoms with Gasteiger partial charge in [-0.05, 0) is 78.6 Å². The Labute approximate surface area is 251 Å². The van der Waals surface area contributed by atoms with Gasteiger partial charge in [-0.3, -0.25) is 0 Å². The van der Waals surface area contributed by atoms with E-state index in [0.717, 1.165) is 12.8 Å². The highest BCUT2D eigenvalue weighted by Crippen LogP contribution is 2.49. The monoisotopic (exact) mass is 555 g/mol. The van der Waals surface area contributed by atoms with Gasteiger partial charge in [0.25, 0.3) is 0 Å². The van der Waals surface area contributed by atoms with Crippen molar-refractivity contribution < 1.29 is 0 Å². The maximum absolute atomic E-state index is 2.47. The van der Waals surface area contributed by atoms with Crippen molar-refractivity contribution in [2.24, 2.45) is 0 Å². The maximum atomic E-state index is 2.47. The lowest BCUT2D eigenvalue weighted by molar-refractivity contribution is 0.628. The summed E-state index contributed by atoms with van der Waals surface area (Å²) in [5, 5.41) is 6.61.